The van der Waals surface area contributed by atoms with Crippen LogP contribution in [0.25, 0.3) is 10.9 Å². The third-order valence-electron chi connectivity index (χ3n) is 4.80. The Morgan fingerprint density at radius 1 is 1.22 bits per heavy atom. The highest BCUT2D eigenvalue weighted by molar-refractivity contribution is 6.04. The SMILES string of the molecule is CCN(C)C=Nc1cc(C)c(C(=O)n2ccc3c(OC)cccc32)cc1C. The predicted octanol–water partition coefficient (Wildman–Crippen LogP) is 4.57. The summed E-state index contributed by atoms with van der Waals surface area (Å²) in [5.74, 6) is 0.705. The average molecular weight is 363 g/mol. The Hall–Kier alpha value is -3.08. The van der Waals surface area contributed by atoms with Gasteiger partial charge in [-0.2, -0.15) is 0 Å². The average Bonchev–Trinajstić information content (AvgIpc) is 3.11. The van der Waals surface area contributed by atoms with Gasteiger partial charge < -0.3 is 9.64 Å². The highest BCUT2D eigenvalue weighted by atomic mass is 16.5. The number of benzene rings is 2. The zero-order valence-electron chi connectivity index (χ0n) is 16.5. The van der Waals surface area contributed by atoms with E-state index >= 15 is 0 Å². The van der Waals surface area contributed by atoms with E-state index in [2.05, 4.69) is 11.9 Å². The number of hydrogen-bond acceptors (Lipinski definition) is 3. The number of rotatable bonds is 5. The molecule has 140 valence electrons. The van der Waals surface area contributed by atoms with Crippen molar-refractivity contribution in [3.63, 3.8) is 0 Å². The summed E-state index contributed by atoms with van der Waals surface area (Å²) in [6.07, 6.45) is 3.61. The number of aromatic nitrogens is 1. The van der Waals surface area contributed by atoms with Crippen LogP contribution in [0.5, 0.6) is 5.75 Å². The molecule has 0 fully saturated rings. The molecule has 27 heavy (non-hydrogen) atoms. The lowest BCUT2D eigenvalue weighted by molar-refractivity contribution is 0.0964. The molecule has 1 aromatic heterocycles. The monoisotopic (exact) mass is 363 g/mol. The van der Waals surface area contributed by atoms with Crippen molar-refractivity contribution in [2.24, 2.45) is 4.99 Å². The van der Waals surface area contributed by atoms with Gasteiger partial charge in [0.15, 0.2) is 0 Å². The number of aryl methyl sites for hydroxylation is 2. The van der Waals surface area contributed by atoms with Gasteiger partial charge in [0.2, 0.25) is 0 Å². The summed E-state index contributed by atoms with van der Waals surface area (Å²) in [6.45, 7) is 6.89. The second-order valence-corrected chi connectivity index (χ2v) is 6.66. The normalized spacial score (nSPS) is 11.3. The maximum absolute atomic E-state index is 13.2. The summed E-state index contributed by atoms with van der Waals surface area (Å²) >= 11 is 0. The first-order chi connectivity index (χ1) is 13.0. The Morgan fingerprint density at radius 3 is 2.70 bits per heavy atom. The van der Waals surface area contributed by atoms with Crippen molar-refractivity contribution in [3.8, 4) is 5.75 Å². The molecule has 0 saturated carbocycles. The van der Waals surface area contributed by atoms with Crippen LogP contribution < -0.4 is 4.74 Å². The summed E-state index contributed by atoms with van der Waals surface area (Å²) in [7, 11) is 3.62. The number of hydrogen-bond donors (Lipinski definition) is 0. The molecule has 0 unspecified atom stereocenters. The van der Waals surface area contributed by atoms with Gasteiger partial charge in [0.05, 0.1) is 24.7 Å². The van der Waals surface area contributed by atoms with Gasteiger partial charge in [-0.1, -0.05) is 6.07 Å². The van der Waals surface area contributed by atoms with E-state index in [1.807, 2.05) is 68.5 Å². The quantitative estimate of drug-likeness (QED) is 0.493. The van der Waals surface area contributed by atoms with E-state index in [1.165, 1.54) is 0 Å². The fourth-order valence-electron chi connectivity index (χ4n) is 3.04. The minimum absolute atomic E-state index is 0.0555. The zero-order valence-corrected chi connectivity index (χ0v) is 16.5. The maximum atomic E-state index is 13.2. The molecule has 0 bridgehead atoms. The maximum Gasteiger partial charge on any atom is 0.262 e. The van der Waals surface area contributed by atoms with Crippen molar-refractivity contribution >= 4 is 28.8 Å². The molecule has 0 aliphatic rings. The topological polar surface area (TPSA) is 46.8 Å². The van der Waals surface area contributed by atoms with E-state index in [0.717, 1.165) is 40.0 Å². The highest BCUT2D eigenvalue weighted by Gasteiger charge is 2.16. The first kappa shape index (κ1) is 18.7. The Labute approximate surface area is 159 Å². The van der Waals surface area contributed by atoms with E-state index in [-0.39, 0.29) is 5.91 Å². The number of aliphatic imine (C=N–C) groups is 1. The molecule has 5 heteroatoms. The number of ether oxygens (including phenoxy) is 1. The molecule has 0 atom stereocenters. The van der Waals surface area contributed by atoms with Gasteiger partial charge in [-0.05, 0) is 62.2 Å². The number of methoxy groups -OCH3 is 1. The molecule has 3 aromatic rings. The Bertz CT molecular complexity index is 1020. The summed E-state index contributed by atoms with van der Waals surface area (Å²) in [4.78, 5) is 19.7. The third kappa shape index (κ3) is 3.58. The Morgan fingerprint density at radius 2 is 2.00 bits per heavy atom. The van der Waals surface area contributed by atoms with Gasteiger partial charge in [-0.25, -0.2) is 4.99 Å². The molecule has 0 aliphatic heterocycles. The molecule has 0 aliphatic carbocycles. The van der Waals surface area contributed by atoms with Gasteiger partial charge in [0, 0.05) is 30.7 Å². The first-order valence-electron chi connectivity index (χ1n) is 9.00. The van der Waals surface area contributed by atoms with Crippen LogP contribution in [0.4, 0.5) is 5.69 Å². The van der Waals surface area contributed by atoms with E-state index in [0.29, 0.717) is 5.56 Å². The lowest BCUT2D eigenvalue weighted by Gasteiger charge is -2.12. The Balaban J connectivity index is 2.01. The van der Waals surface area contributed by atoms with Crippen molar-refractivity contribution in [2.75, 3.05) is 20.7 Å². The molecule has 0 saturated heterocycles. The summed E-state index contributed by atoms with van der Waals surface area (Å²) in [6, 6.07) is 11.5. The molecule has 0 radical (unpaired) electrons. The van der Waals surface area contributed by atoms with Crippen LogP contribution in [0.3, 0.4) is 0 Å². The molecule has 0 amide bonds. The second kappa shape index (κ2) is 7.66. The number of carbonyl (C=O) groups excluding carboxylic acids is 1. The van der Waals surface area contributed by atoms with Crippen LogP contribution in [-0.2, 0) is 0 Å². The molecular formula is C22H25N3O2. The zero-order chi connectivity index (χ0) is 19.6. The molecule has 0 spiro atoms. The summed E-state index contributed by atoms with van der Waals surface area (Å²) < 4.78 is 7.07. The second-order valence-electron chi connectivity index (χ2n) is 6.66. The predicted molar refractivity (Wildman–Crippen MR) is 111 cm³/mol. The number of fused-ring (bicyclic) bond motifs is 1. The summed E-state index contributed by atoms with van der Waals surface area (Å²) in [5, 5.41) is 0.923. The van der Waals surface area contributed by atoms with Crippen LogP contribution in [-0.4, -0.2) is 42.4 Å². The van der Waals surface area contributed by atoms with Crippen molar-refractivity contribution in [2.45, 2.75) is 20.8 Å². The van der Waals surface area contributed by atoms with E-state index in [1.54, 1.807) is 17.9 Å². The van der Waals surface area contributed by atoms with Crippen LogP contribution in [0.1, 0.15) is 28.4 Å². The van der Waals surface area contributed by atoms with Crippen molar-refractivity contribution in [3.05, 3.63) is 59.3 Å². The van der Waals surface area contributed by atoms with Gasteiger partial charge >= 0.3 is 0 Å². The fourth-order valence-corrected chi connectivity index (χ4v) is 3.04. The highest BCUT2D eigenvalue weighted by Crippen LogP contribution is 2.28. The molecule has 0 N–H and O–H groups in total. The minimum atomic E-state index is -0.0555. The molecule has 5 nitrogen and oxygen atoms in total. The number of nitrogens with zero attached hydrogens (tertiary/aromatic N) is 3. The van der Waals surface area contributed by atoms with Gasteiger partial charge in [-0.3, -0.25) is 9.36 Å². The molecular weight excluding hydrogens is 338 g/mol. The lowest BCUT2D eigenvalue weighted by atomic mass is 10.0. The third-order valence-corrected chi connectivity index (χ3v) is 4.80. The van der Waals surface area contributed by atoms with Crippen LogP contribution in [0.2, 0.25) is 0 Å². The minimum Gasteiger partial charge on any atom is -0.496 e. The van der Waals surface area contributed by atoms with E-state index < -0.39 is 0 Å². The van der Waals surface area contributed by atoms with Crippen LogP contribution >= 0.6 is 0 Å². The Kier molecular flexibility index (Phi) is 5.31. The lowest BCUT2D eigenvalue weighted by Crippen LogP contribution is -2.14. The smallest absolute Gasteiger partial charge is 0.262 e. The molecule has 1 heterocycles. The molecule has 3 rings (SSSR count). The standard InChI is InChI=1S/C22H25N3O2/c1-6-24(4)14-23-19-13-15(2)18(12-16(19)3)22(26)25-11-10-17-20(25)8-7-9-21(17)27-5/h7-14H,6H2,1-5H3. The van der Waals surface area contributed by atoms with Gasteiger partial charge in [0.25, 0.3) is 5.91 Å². The van der Waals surface area contributed by atoms with Crippen molar-refractivity contribution in [1.82, 2.24) is 9.47 Å². The summed E-state index contributed by atoms with van der Waals surface area (Å²) in [5.41, 5.74) is 4.27. The largest absolute Gasteiger partial charge is 0.496 e. The van der Waals surface area contributed by atoms with Crippen molar-refractivity contribution in [1.29, 1.82) is 0 Å². The number of carbonyl (C=O) groups is 1. The van der Waals surface area contributed by atoms with E-state index in [9.17, 15) is 4.79 Å². The van der Waals surface area contributed by atoms with Gasteiger partial charge in [0.1, 0.15) is 5.75 Å². The van der Waals surface area contributed by atoms with Crippen LogP contribution in [0, 0.1) is 13.8 Å². The van der Waals surface area contributed by atoms with Crippen molar-refractivity contribution < 1.29 is 9.53 Å². The van der Waals surface area contributed by atoms with Crippen LogP contribution in [0.15, 0.2) is 47.6 Å². The van der Waals surface area contributed by atoms with E-state index in [4.69, 9.17) is 4.74 Å². The fraction of sp³-hybridized carbons (Fsp3) is 0.273. The van der Waals surface area contributed by atoms with Gasteiger partial charge in [-0.15, -0.1) is 0 Å². The molecule has 2 aromatic carbocycles. The first-order valence-corrected chi connectivity index (χ1v) is 9.00.